The van der Waals surface area contributed by atoms with Crippen LogP contribution < -0.4 is 11.1 Å². The van der Waals surface area contributed by atoms with Gasteiger partial charge in [0.15, 0.2) is 0 Å². The molecule has 0 atom stereocenters. The summed E-state index contributed by atoms with van der Waals surface area (Å²) in [6.07, 6.45) is 2.89. The number of rotatable bonds is 2. The van der Waals surface area contributed by atoms with Gasteiger partial charge in [-0.05, 0) is 31.2 Å². The Morgan fingerprint density at radius 3 is 2.86 bits per heavy atom. The molecule has 74 valence electrons. The van der Waals surface area contributed by atoms with Crippen LogP contribution in [0.3, 0.4) is 0 Å². The molecule has 0 radical (unpaired) electrons. The molecule has 0 aliphatic heterocycles. The van der Waals surface area contributed by atoms with Gasteiger partial charge in [0, 0.05) is 5.69 Å². The summed E-state index contributed by atoms with van der Waals surface area (Å²) in [7, 11) is 0. The van der Waals surface area contributed by atoms with E-state index in [1.54, 1.807) is 13.0 Å². The summed E-state index contributed by atoms with van der Waals surface area (Å²) < 4.78 is 13.1. The van der Waals surface area contributed by atoms with E-state index >= 15 is 0 Å². The number of nitrogens with one attached hydrogen (secondary N) is 1. The monoisotopic (exact) mass is 194 g/mol. The highest BCUT2D eigenvalue weighted by Gasteiger charge is 2.03. The lowest BCUT2D eigenvalue weighted by atomic mass is 10.2. The minimum Gasteiger partial charge on any atom is -0.399 e. The number of nitrogens with two attached hydrogens (primary N) is 1. The van der Waals surface area contributed by atoms with Crippen molar-refractivity contribution >= 4 is 17.3 Å². The highest BCUT2D eigenvalue weighted by atomic mass is 19.1. The first-order chi connectivity index (χ1) is 6.63. The van der Waals surface area contributed by atoms with Crippen molar-refractivity contribution in [2.24, 2.45) is 0 Å². The fourth-order valence-corrected chi connectivity index (χ4v) is 0.959. The van der Waals surface area contributed by atoms with Crippen molar-refractivity contribution in [3.8, 4) is 0 Å². The SMILES string of the molecule is C/C=C/C(=O)Nc1ccc(N)cc1F. The Morgan fingerprint density at radius 1 is 1.57 bits per heavy atom. The van der Waals surface area contributed by atoms with E-state index in [2.05, 4.69) is 5.32 Å². The van der Waals surface area contributed by atoms with Gasteiger partial charge < -0.3 is 11.1 Å². The van der Waals surface area contributed by atoms with Gasteiger partial charge in [-0.3, -0.25) is 4.79 Å². The summed E-state index contributed by atoms with van der Waals surface area (Å²) in [5.74, 6) is -0.904. The third kappa shape index (κ3) is 2.58. The van der Waals surface area contributed by atoms with Crippen LogP contribution in [0.1, 0.15) is 6.92 Å². The topological polar surface area (TPSA) is 55.1 Å². The maximum Gasteiger partial charge on any atom is 0.248 e. The van der Waals surface area contributed by atoms with Gasteiger partial charge in [0.05, 0.1) is 5.69 Å². The number of carbonyl (C=O) groups excluding carboxylic acids is 1. The molecule has 3 N–H and O–H groups in total. The minimum absolute atomic E-state index is 0.127. The Morgan fingerprint density at radius 2 is 2.29 bits per heavy atom. The molecule has 0 fully saturated rings. The maximum absolute atomic E-state index is 13.1. The summed E-state index contributed by atoms with van der Waals surface area (Å²) in [5.41, 5.74) is 5.80. The zero-order valence-electron chi connectivity index (χ0n) is 7.75. The van der Waals surface area contributed by atoms with Crippen molar-refractivity contribution in [1.29, 1.82) is 0 Å². The molecular formula is C10H11FN2O. The van der Waals surface area contributed by atoms with Crippen LogP contribution in [-0.2, 0) is 4.79 Å². The van der Waals surface area contributed by atoms with Gasteiger partial charge in [-0.2, -0.15) is 0 Å². The molecule has 0 heterocycles. The van der Waals surface area contributed by atoms with Crippen molar-refractivity contribution < 1.29 is 9.18 Å². The molecule has 0 aliphatic carbocycles. The summed E-state index contributed by atoms with van der Waals surface area (Å²) in [5, 5.41) is 2.38. The van der Waals surface area contributed by atoms with Crippen LogP contribution in [0.25, 0.3) is 0 Å². The summed E-state index contributed by atoms with van der Waals surface area (Å²) in [6.45, 7) is 1.71. The molecule has 4 heteroatoms. The van der Waals surface area contributed by atoms with Crippen LogP contribution in [0.15, 0.2) is 30.4 Å². The number of halogens is 1. The Kier molecular flexibility index (Phi) is 3.23. The normalized spacial score (nSPS) is 10.4. The number of benzene rings is 1. The fraction of sp³-hybridized carbons (Fsp3) is 0.100. The van der Waals surface area contributed by atoms with Crippen molar-refractivity contribution in [1.82, 2.24) is 0 Å². The zero-order valence-corrected chi connectivity index (χ0v) is 7.75. The molecule has 0 aliphatic rings. The second-order valence-electron chi connectivity index (χ2n) is 2.73. The Hall–Kier alpha value is -1.84. The van der Waals surface area contributed by atoms with Crippen LogP contribution in [0.5, 0.6) is 0 Å². The molecule has 1 aromatic carbocycles. The third-order valence-corrected chi connectivity index (χ3v) is 1.57. The van der Waals surface area contributed by atoms with Gasteiger partial charge in [-0.1, -0.05) is 6.08 Å². The van der Waals surface area contributed by atoms with Crippen molar-refractivity contribution in [3.05, 3.63) is 36.2 Å². The highest BCUT2D eigenvalue weighted by Crippen LogP contribution is 2.16. The van der Waals surface area contributed by atoms with Crippen molar-refractivity contribution in [3.63, 3.8) is 0 Å². The summed E-state index contributed by atoms with van der Waals surface area (Å²) >= 11 is 0. The summed E-state index contributed by atoms with van der Waals surface area (Å²) in [6, 6.07) is 4.10. The Balaban J connectivity index is 2.82. The molecule has 0 unspecified atom stereocenters. The molecule has 14 heavy (non-hydrogen) atoms. The van der Waals surface area contributed by atoms with Crippen LogP contribution in [0, 0.1) is 5.82 Å². The van der Waals surface area contributed by atoms with Gasteiger partial charge in [-0.25, -0.2) is 4.39 Å². The van der Waals surface area contributed by atoms with E-state index in [9.17, 15) is 9.18 Å². The van der Waals surface area contributed by atoms with Gasteiger partial charge in [0.2, 0.25) is 5.91 Å². The lowest BCUT2D eigenvalue weighted by Gasteiger charge is -2.03. The average molecular weight is 194 g/mol. The van der Waals surface area contributed by atoms with E-state index in [1.807, 2.05) is 0 Å². The quantitative estimate of drug-likeness (QED) is 0.558. The smallest absolute Gasteiger partial charge is 0.248 e. The number of carbonyl (C=O) groups is 1. The van der Waals surface area contributed by atoms with E-state index in [1.165, 1.54) is 18.2 Å². The molecular weight excluding hydrogens is 183 g/mol. The number of hydrogen-bond acceptors (Lipinski definition) is 2. The minimum atomic E-state index is -0.539. The number of allylic oxidation sites excluding steroid dienone is 1. The van der Waals surface area contributed by atoms with Gasteiger partial charge >= 0.3 is 0 Å². The summed E-state index contributed by atoms with van der Waals surface area (Å²) in [4.78, 5) is 11.1. The Labute approximate surface area is 81.4 Å². The average Bonchev–Trinajstić information content (AvgIpc) is 2.10. The second-order valence-corrected chi connectivity index (χ2v) is 2.73. The highest BCUT2D eigenvalue weighted by molar-refractivity contribution is 5.99. The van der Waals surface area contributed by atoms with Crippen LogP contribution in [-0.4, -0.2) is 5.91 Å². The van der Waals surface area contributed by atoms with Crippen LogP contribution in [0.2, 0.25) is 0 Å². The second kappa shape index (κ2) is 4.41. The van der Waals surface area contributed by atoms with Crippen LogP contribution in [0.4, 0.5) is 15.8 Å². The lowest BCUT2D eigenvalue weighted by molar-refractivity contribution is -0.111. The van der Waals surface area contributed by atoms with E-state index in [-0.39, 0.29) is 11.6 Å². The van der Waals surface area contributed by atoms with E-state index in [0.717, 1.165) is 6.07 Å². The molecule has 1 rings (SSSR count). The molecule has 1 amide bonds. The predicted molar refractivity (Wildman–Crippen MR) is 54.3 cm³/mol. The van der Waals surface area contributed by atoms with Crippen molar-refractivity contribution in [2.75, 3.05) is 11.1 Å². The molecule has 0 aromatic heterocycles. The largest absolute Gasteiger partial charge is 0.399 e. The van der Waals surface area contributed by atoms with Crippen molar-refractivity contribution in [2.45, 2.75) is 6.92 Å². The Bertz CT molecular complexity index is 374. The first-order valence-corrected chi connectivity index (χ1v) is 4.12. The zero-order chi connectivity index (χ0) is 10.6. The number of hydrogen-bond donors (Lipinski definition) is 2. The molecule has 0 spiro atoms. The number of nitrogen functional groups attached to an aromatic ring is 1. The molecule has 0 saturated heterocycles. The predicted octanol–water partition coefficient (Wildman–Crippen LogP) is 1.92. The van der Waals surface area contributed by atoms with Gasteiger partial charge in [-0.15, -0.1) is 0 Å². The molecule has 1 aromatic rings. The van der Waals surface area contributed by atoms with Gasteiger partial charge in [0.25, 0.3) is 0 Å². The van der Waals surface area contributed by atoms with E-state index in [4.69, 9.17) is 5.73 Å². The third-order valence-electron chi connectivity index (χ3n) is 1.57. The van der Waals surface area contributed by atoms with Crippen LogP contribution >= 0.6 is 0 Å². The lowest BCUT2D eigenvalue weighted by Crippen LogP contribution is -2.09. The standard InChI is InChI=1S/C10H11FN2O/c1-2-3-10(14)13-9-5-4-7(12)6-8(9)11/h2-6H,12H2,1H3,(H,13,14)/b3-2+. The number of anilines is 2. The van der Waals surface area contributed by atoms with E-state index in [0.29, 0.717) is 5.69 Å². The van der Waals surface area contributed by atoms with E-state index < -0.39 is 5.82 Å². The maximum atomic E-state index is 13.1. The first kappa shape index (κ1) is 10.2. The molecule has 3 nitrogen and oxygen atoms in total. The number of amides is 1. The first-order valence-electron chi connectivity index (χ1n) is 4.12. The van der Waals surface area contributed by atoms with Gasteiger partial charge in [0.1, 0.15) is 5.82 Å². The molecule has 0 saturated carbocycles. The molecule has 0 bridgehead atoms. The fourth-order valence-electron chi connectivity index (χ4n) is 0.959.